The van der Waals surface area contributed by atoms with Crippen molar-refractivity contribution >= 4 is 62.2 Å². The molecule has 0 spiro atoms. The fourth-order valence-corrected chi connectivity index (χ4v) is 3.57. The number of carboxylic acid groups (broad SMARTS) is 1. The SMILES string of the molecule is CCN1C(=O)/C(=C/c2cc(Br)ccc2OCC(=O)[O-])SC1=S. The summed E-state index contributed by atoms with van der Waals surface area (Å²) < 4.78 is 6.47. The van der Waals surface area contributed by atoms with Gasteiger partial charge in [0.1, 0.15) is 16.7 Å². The highest BCUT2D eigenvalue weighted by Crippen LogP contribution is 2.34. The number of hydrogen-bond donors (Lipinski definition) is 0. The van der Waals surface area contributed by atoms with Crippen LogP contribution in [-0.2, 0) is 9.59 Å². The lowest BCUT2D eigenvalue weighted by atomic mass is 10.2. The molecule has 0 atom stereocenters. The van der Waals surface area contributed by atoms with Crippen molar-refractivity contribution in [3.8, 4) is 5.75 Å². The molecule has 1 saturated heterocycles. The molecule has 0 saturated carbocycles. The Labute approximate surface area is 145 Å². The van der Waals surface area contributed by atoms with E-state index in [2.05, 4.69) is 15.9 Å². The molecule has 1 aromatic carbocycles. The summed E-state index contributed by atoms with van der Waals surface area (Å²) in [5.41, 5.74) is 0.590. The molecule has 116 valence electrons. The predicted octanol–water partition coefficient (Wildman–Crippen LogP) is 1.80. The number of halogens is 1. The molecule has 5 nitrogen and oxygen atoms in total. The van der Waals surface area contributed by atoms with Crippen LogP contribution in [0.4, 0.5) is 0 Å². The summed E-state index contributed by atoms with van der Waals surface area (Å²) in [5, 5.41) is 10.5. The average molecular weight is 401 g/mol. The summed E-state index contributed by atoms with van der Waals surface area (Å²) in [5.74, 6) is -1.12. The van der Waals surface area contributed by atoms with Crippen molar-refractivity contribution in [1.29, 1.82) is 0 Å². The number of nitrogens with zero attached hydrogens (tertiary/aromatic N) is 1. The third-order valence-electron chi connectivity index (χ3n) is 2.79. The number of likely N-dealkylation sites (N-methyl/N-ethyl adjacent to an activating group) is 1. The van der Waals surface area contributed by atoms with Crippen LogP contribution in [0.25, 0.3) is 6.08 Å². The molecule has 0 radical (unpaired) electrons. The van der Waals surface area contributed by atoms with E-state index >= 15 is 0 Å². The molecule has 1 heterocycles. The number of ether oxygens (including phenoxy) is 1. The highest BCUT2D eigenvalue weighted by molar-refractivity contribution is 9.10. The second kappa shape index (κ2) is 7.26. The Morgan fingerprint density at radius 2 is 2.27 bits per heavy atom. The number of rotatable bonds is 5. The lowest BCUT2D eigenvalue weighted by Crippen LogP contribution is -2.29. The van der Waals surface area contributed by atoms with Crippen molar-refractivity contribution in [2.75, 3.05) is 13.2 Å². The average Bonchev–Trinajstić information content (AvgIpc) is 2.72. The van der Waals surface area contributed by atoms with Crippen LogP contribution >= 0.6 is 39.9 Å². The maximum absolute atomic E-state index is 12.2. The standard InChI is InChI=1S/C14H12BrNO4S2/c1-2-16-13(19)11(22-14(16)21)6-8-5-9(15)3-4-10(8)20-7-12(17)18/h3-6H,2,7H2,1H3,(H,17,18)/p-1/b11-6-. The van der Waals surface area contributed by atoms with Crippen molar-refractivity contribution in [3.63, 3.8) is 0 Å². The number of thioether (sulfide) groups is 1. The second-order valence-electron chi connectivity index (χ2n) is 4.27. The number of carbonyl (C=O) groups is 2. The van der Waals surface area contributed by atoms with Gasteiger partial charge in [-0.25, -0.2) is 0 Å². The van der Waals surface area contributed by atoms with Gasteiger partial charge in [-0.15, -0.1) is 0 Å². The number of thiocarbonyl (C=S) groups is 1. The molecule has 1 aliphatic rings. The number of carbonyl (C=O) groups excluding carboxylic acids is 2. The number of amides is 1. The van der Waals surface area contributed by atoms with Crippen LogP contribution in [0.15, 0.2) is 27.6 Å². The van der Waals surface area contributed by atoms with Crippen LogP contribution in [0.5, 0.6) is 5.75 Å². The molecule has 2 rings (SSSR count). The highest BCUT2D eigenvalue weighted by Gasteiger charge is 2.30. The van der Waals surface area contributed by atoms with E-state index in [9.17, 15) is 14.7 Å². The van der Waals surface area contributed by atoms with E-state index in [1.165, 1.54) is 16.7 Å². The van der Waals surface area contributed by atoms with Crippen molar-refractivity contribution in [2.24, 2.45) is 0 Å². The molecule has 1 fully saturated rings. The minimum atomic E-state index is -1.31. The summed E-state index contributed by atoms with van der Waals surface area (Å²) in [6, 6.07) is 5.09. The number of hydrogen-bond acceptors (Lipinski definition) is 6. The highest BCUT2D eigenvalue weighted by atomic mass is 79.9. The van der Waals surface area contributed by atoms with Gasteiger partial charge < -0.3 is 14.6 Å². The third-order valence-corrected chi connectivity index (χ3v) is 4.66. The van der Waals surface area contributed by atoms with E-state index < -0.39 is 12.6 Å². The molecular weight excluding hydrogens is 390 g/mol. The zero-order valence-electron chi connectivity index (χ0n) is 11.5. The minimum Gasteiger partial charge on any atom is -0.546 e. The topological polar surface area (TPSA) is 69.7 Å². The normalized spacial score (nSPS) is 16.5. The van der Waals surface area contributed by atoms with Crippen LogP contribution in [-0.4, -0.2) is 34.2 Å². The van der Waals surface area contributed by atoms with Gasteiger partial charge in [-0.2, -0.15) is 0 Å². The van der Waals surface area contributed by atoms with Crippen molar-refractivity contribution in [1.82, 2.24) is 4.90 Å². The van der Waals surface area contributed by atoms with Gasteiger partial charge >= 0.3 is 0 Å². The molecule has 22 heavy (non-hydrogen) atoms. The lowest BCUT2D eigenvalue weighted by Gasteiger charge is -2.11. The van der Waals surface area contributed by atoms with Gasteiger partial charge in [0.25, 0.3) is 5.91 Å². The fraction of sp³-hybridized carbons (Fsp3) is 0.214. The van der Waals surface area contributed by atoms with Crippen molar-refractivity contribution < 1.29 is 19.4 Å². The molecular formula is C14H11BrNO4S2-. The lowest BCUT2D eigenvalue weighted by molar-refractivity contribution is -0.307. The van der Waals surface area contributed by atoms with Crippen LogP contribution in [0.3, 0.4) is 0 Å². The zero-order valence-corrected chi connectivity index (χ0v) is 14.7. The summed E-state index contributed by atoms with van der Waals surface area (Å²) in [6.45, 7) is 1.80. The van der Waals surface area contributed by atoms with Gasteiger partial charge in [0, 0.05) is 16.6 Å². The van der Waals surface area contributed by atoms with E-state index in [1.54, 1.807) is 24.3 Å². The van der Waals surface area contributed by atoms with Crippen LogP contribution < -0.4 is 9.84 Å². The molecule has 1 amide bonds. The van der Waals surface area contributed by atoms with Crippen LogP contribution in [0.2, 0.25) is 0 Å². The zero-order chi connectivity index (χ0) is 16.3. The summed E-state index contributed by atoms with van der Waals surface area (Å²) in [6.07, 6.45) is 1.64. The Kier molecular flexibility index (Phi) is 5.60. The van der Waals surface area contributed by atoms with Crippen molar-refractivity contribution in [2.45, 2.75) is 6.92 Å². The Hall–Kier alpha value is -1.38. The van der Waals surface area contributed by atoms with E-state index in [0.29, 0.717) is 27.1 Å². The van der Waals surface area contributed by atoms with Gasteiger partial charge in [0.05, 0.1) is 10.9 Å². The Bertz CT molecular complexity index is 675. The predicted molar refractivity (Wildman–Crippen MR) is 90.2 cm³/mol. The first-order chi connectivity index (χ1) is 10.4. The molecule has 0 N–H and O–H groups in total. The quantitative estimate of drug-likeness (QED) is 0.554. The summed E-state index contributed by atoms with van der Waals surface area (Å²) in [7, 11) is 0. The molecule has 1 aliphatic heterocycles. The summed E-state index contributed by atoms with van der Waals surface area (Å²) in [4.78, 5) is 24.7. The van der Waals surface area contributed by atoms with E-state index in [0.717, 1.165) is 4.47 Å². The Balaban J connectivity index is 2.34. The molecule has 8 heteroatoms. The number of benzene rings is 1. The summed E-state index contributed by atoms with van der Waals surface area (Å²) >= 11 is 9.70. The first kappa shape index (κ1) is 17.0. The monoisotopic (exact) mass is 400 g/mol. The fourth-order valence-electron chi connectivity index (χ4n) is 1.81. The van der Waals surface area contributed by atoms with Crippen LogP contribution in [0, 0.1) is 0 Å². The Morgan fingerprint density at radius 3 is 2.86 bits per heavy atom. The van der Waals surface area contributed by atoms with Gasteiger partial charge in [-0.1, -0.05) is 39.9 Å². The van der Waals surface area contributed by atoms with Gasteiger partial charge in [-0.05, 0) is 31.2 Å². The second-order valence-corrected chi connectivity index (χ2v) is 6.86. The molecule has 1 aromatic rings. The van der Waals surface area contributed by atoms with E-state index in [4.69, 9.17) is 17.0 Å². The maximum atomic E-state index is 12.2. The molecule has 0 aromatic heterocycles. The maximum Gasteiger partial charge on any atom is 0.266 e. The van der Waals surface area contributed by atoms with Gasteiger partial charge in [-0.3, -0.25) is 9.69 Å². The van der Waals surface area contributed by atoms with Gasteiger partial charge in [0.15, 0.2) is 0 Å². The van der Waals surface area contributed by atoms with Crippen LogP contribution in [0.1, 0.15) is 12.5 Å². The van der Waals surface area contributed by atoms with Gasteiger partial charge in [0.2, 0.25) is 0 Å². The number of carboxylic acids is 1. The third kappa shape index (κ3) is 3.88. The Morgan fingerprint density at radius 1 is 1.55 bits per heavy atom. The first-order valence-electron chi connectivity index (χ1n) is 6.30. The van der Waals surface area contributed by atoms with E-state index in [-0.39, 0.29) is 5.91 Å². The molecule has 0 unspecified atom stereocenters. The number of aliphatic carboxylic acids is 1. The van der Waals surface area contributed by atoms with E-state index in [1.807, 2.05) is 6.92 Å². The first-order valence-corrected chi connectivity index (χ1v) is 8.31. The van der Waals surface area contributed by atoms with Crippen molar-refractivity contribution in [3.05, 3.63) is 33.1 Å². The minimum absolute atomic E-state index is 0.164. The molecule has 0 bridgehead atoms. The largest absolute Gasteiger partial charge is 0.546 e. The smallest absolute Gasteiger partial charge is 0.266 e. The molecule has 0 aliphatic carbocycles.